The molecule has 0 aliphatic heterocycles. The summed E-state index contributed by atoms with van der Waals surface area (Å²) in [6, 6.07) is 20.4. The Morgan fingerprint density at radius 3 is 2.69 bits per heavy atom. The Balaban J connectivity index is 1.63. The molecule has 2 aromatic carbocycles. The Bertz CT molecular complexity index is 1110. The van der Waals surface area contributed by atoms with Crippen LogP contribution >= 0.6 is 0 Å². The Kier molecular flexibility index (Phi) is 4.03. The van der Waals surface area contributed by atoms with Gasteiger partial charge in [-0.1, -0.05) is 6.07 Å². The maximum absolute atomic E-state index is 11.0. The van der Waals surface area contributed by atoms with Gasteiger partial charge in [0.15, 0.2) is 0 Å². The van der Waals surface area contributed by atoms with Crippen molar-refractivity contribution >= 4 is 28.8 Å². The van der Waals surface area contributed by atoms with Gasteiger partial charge in [-0.15, -0.1) is 0 Å². The van der Waals surface area contributed by atoms with Crippen LogP contribution in [0.15, 0.2) is 84.1 Å². The monoisotopic (exact) mass is 341 g/mol. The second-order valence-corrected chi connectivity index (χ2v) is 5.79. The first-order chi connectivity index (χ1) is 12.7. The summed E-state index contributed by atoms with van der Waals surface area (Å²) < 4.78 is 1.96. The molecule has 0 radical (unpaired) electrons. The van der Waals surface area contributed by atoms with Gasteiger partial charge >= 0.3 is 5.97 Å². The number of aromatic carboxylic acids is 1. The van der Waals surface area contributed by atoms with Gasteiger partial charge in [-0.3, -0.25) is 9.98 Å². The lowest BCUT2D eigenvalue weighted by atomic mass is 10.2. The van der Waals surface area contributed by atoms with E-state index in [1.54, 1.807) is 36.7 Å². The fourth-order valence-electron chi connectivity index (χ4n) is 2.78. The molecule has 2 aromatic heterocycles. The van der Waals surface area contributed by atoms with Crippen molar-refractivity contribution in [2.75, 3.05) is 0 Å². The molecule has 26 heavy (non-hydrogen) atoms. The number of aromatic nitrogens is 2. The number of fused-ring (bicyclic) bond motifs is 1. The Morgan fingerprint density at radius 2 is 1.88 bits per heavy atom. The number of nitrogens with zero attached hydrogens (tertiary/aromatic N) is 3. The van der Waals surface area contributed by atoms with Crippen molar-refractivity contribution in [3.63, 3.8) is 0 Å². The van der Waals surface area contributed by atoms with Gasteiger partial charge < -0.3 is 9.67 Å². The number of hydrogen-bond donors (Lipinski definition) is 1. The van der Waals surface area contributed by atoms with Crippen molar-refractivity contribution in [3.8, 4) is 5.69 Å². The van der Waals surface area contributed by atoms with Crippen LogP contribution in [0.25, 0.3) is 16.6 Å². The highest BCUT2D eigenvalue weighted by molar-refractivity contribution is 5.88. The lowest BCUT2D eigenvalue weighted by Gasteiger charge is -2.06. The maximum Gasteiger partial charge on any atom is 0.335 e. The number of carboxylic acid groups (broad SMARTS) is 1. The summed E-state index contributed by atoms with van der Waals surface area (Å²) in [7, 11) is 0. The summed E-state index contributed by atoms with van der Waals surface area (Å²) in [5.41, 5.74) is 3.83. The topological polar surface area (TPSA) is 67.5 Å². The fraction of sp³-hybridized carbons (Fsp3) is 0. The highest BCUT2D eigenvalue weighted by Gasteiger charge is 2.05. The first-order valence-electron chi connectivity index (χ1n) is 8.11. The standard InChI is InChI=1S/C21H15N3O2/c25-21(26)15-5-8-18(9-6-15)24-12-2-4-19(24)14-23-17-7-10-20-16(13-17)3-1-11-22-20/h1-14H,(H,25,26). The third kappa shape index (κ3) is 3.10. The molecule has 0 spiro atoms. The van der Waals surface area contributed by atoms with E-state index in [0.717, 1.165) is 28.0 Å². The summed E-state index contributed by atoms with van der Waals surface area (Å²) in [6.45, 7) is 0. The first kappa shape index (κ1) is 15.8. The third-order valence-corrected chi connectivity index (χ3v) is 4.11. The Hall–Kier alpha value is -3.73. The van der Waals surface area contributed by atoms with E-state index in [4.69, 9.17) is 5.11 Å². The van der Waals surface area contributed by atoms with Crippen LogP contribution in [0.1, 0.15) is 16.1 Å². The third-order valence-electron chi connectivity index (χ3n) is 4.11. The van der Waals surface area contributed by atoms with Crippen LogP contribution in [-0.2, 0) is 0 Å². The zero-order chi connectivity index (χ0) is 17.9. The minimum atomic E-state index is -0.934. The number of aliphatic imine (C=N–C) groups is 1. The molecular weight excluding hydrogens is 326 g/mol. The maximum atomic E-state index is 11.0. The SMILES string of the molecule is O=C(O)c1ccc(-n2cccc2C=Nc2ccc3ncccc3c2)cc1. The van der Waals surface area contributed by atoms with E-state index in [1.165, 1.54) is 0 Å². The highest BCUT2D eigenvalue weighted by atomic mass is 16.4. The molecule has 0 aliphatic rings. The van der Waals surface area contributed by atoms with Gasteiger partial charge in [0.2, 0.25) is 0 Å². The molecule has 5 nitrogen and oxygen atoms in total. The van der Waals surface area contributed by atoms with Gasteiger partial charge in [-0.2, -0.15) is 0 Å². The number of carbonyl (C=O) groups is 1. The zero-order valence-electron chi connectivity index (χ0n) is 13.8. The van der Waals surface area contributed by atoms with Crippen molar-refractivity contribution in [2.45, 2.75) is 0 Å². The van der Waals surface area contributed by atoms with Crippen molar-refractivity contribution in [1.29, 1.82) is 0 Å². The minimum absolute atomic E-state index is 0.265. The largest absolute Gasteiger partial charge is 0.478 e. The van der Waals surface area contributed by atoms with Crippen LogP contribution in [0, 0.1) is 0 Å². The minimum Gasteiger partial charge on any atom is -0.478 e. The van der Waals surface area contributed by atoms with Gasteiger partial charge in [0.05, 0.1) is 28.7 Å². The van der Waals surface area contributed by atoms with Gasteiger partial charge in [-0.05, 0) is 60.7 Å². The molecule has 0 amide bonds. The summed E-state index contributed by atoms with van der Waals surface area (Å²) in [4.78, 5) is 19.9. The average Bonchev–Trinajstić information content (AvgIpc) is 3.15. The molecule has 5 heteroatoms. The van der Waals surface area contributed by atoms with Crippen molar-refractivity contribution in [2.24, 2.45) is 4.99 Å². The molecule has 0 saturated heterocycles. The number of rotatable bonds is 4. The normalized spacial score (nSPS) is 11.2. The number of pyridine rings is 1. The molecule has 126 valence electrons. The van der Waals surface area contributed by atoms with Crippen LogP contribution in [0.4, 0.5) is 5.69 Å². The van der Waals surface area contributed by atoms with Gasteiger partial charge in [0.25, 0.3) is 0 Å². The van der Waals surface area contributed by atoms with E-state index >= 15 is 0 Å². The predicted molar refractivity (Wildman–Crippen MR) is 102 cm³/mol. The van der Waals surface area contributed by atoms with Crippen LogP contribution < -0.4 is 0 Å². The molecule has 0 atom stereocenters. The van der Waals surface area contributed by atoms with E-state index in [1.807, 2.05) is 53.2 Å². The van der Waals surface area contributed by atoms with Crippen LogP contribution in [-0.4, -0.2) is 26.8 Å². The van der Waals surface area contributed by atoms with Crippen LogP contribution in [0.2, 0.25) is 0 Å². The van der Waals surface area contributed by atoms with E-state index in [2.05, 4.69) is 9.98 Å². The highest BCUT2D eigenvalue weighted by Crippen LogP contribution is 2.20. The molecule has 0 bridgehead atoms. The molecular formula is C21H15N3O2. The second-order valence-electron chi connectivity index (χ2n) is 5.79. The fourth-order valence-corrected chi connectivity index (χ4v) is 2.78. The molecule has 1 N–H and O–H groups in total. The van der Waals surface area contributed by atoms with E-state index < -0.39 is 5.97 Å². The van der Waals surface area contributed by atoms with Crippen molar-refractivity contribution in [3.05, 3.63) is 90.4 Å². The Morgan fingerprint density at radius 1 is 1.04 bits per heavy atom. The molecule has 4 rings (SSSR count). The van der Waals surface area contributed by atoms with E-state index in [0.29, 0.717) is 0 Å². The van der Waals surface area contributed by atoms with Gasteiger partial charge in [-0.25, -0.2) is 4.79 Å². The molecule has 0 unspecified atom stereocenters. The Labute approximate surface area is 149 Å². The summed E-state index contributed by atoms with van der Waals surface area (Å²) in [6.07, 6.45) is 5.48. The second kappa shape index (κ2) is 6.64. The predicted octanol–water partition coefficient (Wildman–Crippen LogP) is 4.47. The smallest absolute Gasteiger partial charge is 0.335 e. The van der Waals surface area contributed by atoms with Crippen LogP contribution in [0.5, 0.6) is 0 Å². The number of carboxylic acids is 1. The average molecular weight is 341 g/mol. The van der Waals surface area contributed by atoms with Gasteiger partial charge in [0.1, 0.15) is 0 Å². The number of hydrogen-bond acceptors (Lipinski definition) is 3. The van der Waals surface area contributed by atoms with Crippen LogP contribution in [0.3, 0.4) is 0 Å². The quantitative estimate of drug-likeness (QED) is 0.557. The molecule has 0 saturated carbocycles. The summed E-state index contributed by atoms with van der Waals surface area (Å²) in [5, 5.41) is 10.1. The molecule has 4 aromatic rings. The lowest BCUT2D eigenvalue weighted by molar-refractivity contribution is 0.0697. The molecule has 0 fully saturated rings. The zero-order valence-corrected chi connectivity index (χ0v) is 13.8. The molecule has 2 heterocycles. The van der Waals surface area contributed by atoms with E-state index in [-0.39, 0.29) is 5.56 Å². The summed E-state index contributed by atoms with van der Waals surface area (Å²) >= 11 is 0. The summed E-state index contributed by atoms with van der Waals surface area (Å²) in [5.74, 6) is -0.934. The van der Waals surface area contributed by atoms with Crippen molar-refractivity contribution in [1.82, 2.24) is 9.55 Å². The van der Waals surface area contributed by atoms with E-state index in [9.17, 15) is 4.79 Å². The molecule has 0 aliphatic carbocycles. The van der Waals surface area contributed by atoms with Crippen molar-refractivity contribution < 1.29 is 9.90 Å². The number of benzene rings is 2. The first-order valence-corrected chi connectivity index (χ1v) is 8.11. The lowest BCUT2D eigenvalue weighted by Crippen LogP contribution is -2.00. The van der Waals surface area contributed by atoms with Gasteiger partial charge in [0, 0.05) is 23.5 Å².